The van der Waals surface area contributed by atoms with Crippen molar-refractivity contribution in [1.82, 2.24) is 15.0 Å². The molecule has 0 saturated heterocycles. The van der Waals surface area contributed by atoms with E-state index >= 15 is 0 Å². The van der Waals surface area contributed by atoms with Crippen LogP contribution in [0.25, 0.3) is 99.2 Å². The molecule has 2 heterocycles. The van der Waals surface area contributed by atoms with E-state index in [1.165, 1.54) is 54.2 Å². The molecule has 10 aromatic rings. The van der Waals surface area contributed by atoms with Crippen LogP contribution in [0.1, 0.15) is 0 Å². The van der Waals surface area contributed by atoms with Crippen LogP contribution < -0.4 is 0 Å². The predicted octanol–water partition coefficient (Wildman–Crippen LogP) is 12.8. The molecule has 0 bridgehead atoms. The van der Waals surface area contributed by atoms with E-state index < -0.39 is 0 Å². The third-order valence-corrected chi connectivity index (χ3v) is 10.2. The van der Waals surface area contributed by atoms with Crippen molar-refractivity contribution in [3.63, 3.8) is 0 Å². The quantitative estimate of drug-likeness (QED) is 0.172. The van der Waals surface area contributed by atoms with Crippen LogP contribution >= 0.6 is 0 Å². The average Bonchev–Trinajstić information content (AvgIpc) is 3.24. The van der Waals surface area contributed by atoms with Crippen LogP contribution in [0.5, 0.6) is 0 Å². The number of hydrogen-bond acceptors (Lipinski definition) is 3. The second-order valence-electron chi connectivity index (χ2n) is 13.2. The van der Waals surface area contributed by atoms with Crippen LogP contribution in [-0.4, -0.2) is 15.0 Å². The lowest BCUT2D eigenvalue weighted by Crippen LogP contribution is -1.96. The van der Waals surface area contributed by atoms with Gasteiger partial charge < -0.3 is 0 Å². The van der Waals surface area contributed by atoms with E-state index in [-0.39, 0.29) is 0 Å². The van der Waals surface area contributed by atoms with Crippen LogP contribution in [0.2, 0.25) is 0 Å². The van der Waals surface area contributed by atoms with Gasteiger partial charge in [-0.05, 0) is 83.5 Å². The third kappa shape index (κ3) is 5.10. The van der Waals surface area contributed by atoms with Gasteiger partial charge in [-0.2, -0.15) is 0 Å². The number of benzene rings is 8. The van der Waals surface area contributed by atoms with Gasteiger partial charge in [0.1, 0.15) is 0 Å². The number of fused-ring (bicyclic) bond motifs is 8. The molecule has 0 N–H and O–H groups in total. The lowest BCUT2D eigenvalue weighted by Gasteiger charge is -2.16. The Kier molecular flexibility index (Phi) is 7.14. The largest absolute Gasteiger partial charge is 0.264 e. The van der Waals surface area contributed by atoms with E-state index in [4.69, 9.17) is 9.97 Å². The molecule has 0 aliphatic carbocycles. The smallest absolute Gasteiger partial charge is 0.160 e. The van der Waals surface area contributed by atoms with Gasteiger partial charge in [-0.15, -0.1) is 0 Å². The zero-order valence-electron chi connectivity index (χ0n) is 28.2. The number of rotatable bonds is 5. The molecule has 10 rings (SSSR count). The lowest BCUT2D eigenvalue weighted by molar-refractivity contribution is 1.18. The third-order valence-electron chi connectivity index (χ3n) is 10.2. The summed E-state index contributed by atoms with van der Waals surface area (Å²) in [7, 11) is 0. The predicted molar refractivity (Wildman–Crippen MR) is 217 cm³/mol. The van der Waals surface area contributed by atoms with E-state index in [9.17, 15) is 0 Å². The van der Waals surface area contributed by atoms with Gasteiger partial charge in [0.15, 0.2) is 5.82 Å². The topological polar surface area (TPSA) is 38.7 Å². The van der Waals surface area contributed by atoms with E-state index in [0.717, 1.165) is 39.2 Å². The molecule has 0 atom stereocenters. The molecule has 0 aliphatic rings. The Morgan fingerprint density at radius 1 is 0.308 bits per heavy atom. The van der Waals surface area contributed by atoms with Crippen LogP contribution in [-0.2, 0) is 0 Å². The fourth-order valence-electron chi connectivity index (χ4n) is 7.65. The highest BCUT2D eigenvalue weighted by Crippen LogP contribution is 2.43. The van der Waals surface area contributed by atoms with Crippen LogP contribution in [0.15, 0.2) is 188 Å². The molecule has 0 fully saturated rings. The Labute approximate surface area is 301 Å². The van der Waals surface area contributed by atoms with E-state index in [2.05, 4.69) is 157 Å². The Morgan fingerprint density at radius 2 is 0.788 bits per heavy atom. The highest BCUT2D eigenvalue weighted by Gasteiger charge is 2.16. The maximum absolute atomic E-state index is 5.10. The van der Waals surface area contributed by atoms with Crippen LogP contribution in [0, 0.1) is 0 Å². The number of aromatic nitrogens is 3. The summed E-state index contributed by atoms with van der Waals surface area (Å²) in [6.07, 6.45) is 3.69. The normalized spacial score (nSPS) is 11.5. The summed E-state index contributed by atoms with van der Waals surface area (Å²) >= 11 is 0. The van der Waals surface area contributed by atoms with Gasteiger partial charge >= 0.3 is 0 Å². The Balaban J connectivity index is 1.11. The molecule has 2 aromatic heterocycles. The van der Waals surface area contributed by atoms with Crippen molar-refractivity contribution in [3.05, 3.63) is 188 Å². The average molecular weight is 662 g/mol. The molecular weight excluding hydrogens is 631 g/mol. The maximum atomic E-state index is 5.10. The first-order chi connectivity index (χ1) is 25.8. The molecule has 0 unspecified atom stereocenters. The fourth-order valence-corrected chi connectivity index (χ4v) is 7.65. The van der Waals surface area contributed by atoms with Crippen molar-refractivity contribution in [2.45, 2.75) is 0 Å². The van der Waals surface area contributed by atoms with Gasteiger partial charge in [-0.25, -0.2) is 9.97 Å². The summed E-state index contributed by atoms with van der Waals surface area (Å²) in [5.41, 5.74) is 9.41. The van der Waals surface area contributed by atoms with E-state index in [1.807, 2.05) is 30.5 Å². The van der Waals surface area contributed by atoms with Crippen molar-refractivity contribution in [3.8, 4) is 56.2 Å². The van der Waals surface area contributed by atoms with Crippen LogP contribution in [0.4, 0.5) is 0 Å². The highest BCUT2D eigenvalue weighted by atomic mass is 14.9. The molecular formula is C49H31N3. The Hall–Kier alpha value is -6.97. The van der Waals surface area contributed by atoms with Crippen molar-refractivity contribution in [1.29, 1.82) is 0 Å². The molecule has 3 nitrogen and oxygen atoms in total. The zero-order valence-corrected chi connectivity index (χ0v) is 28.2. The van der Waals surface area contributed by atoms with Gasteiger partial charge in [-0.1, -0.05) is 158 Å². The van der Waals surface area contributed by atoms with Crippen molar-refractivity contribution < 1.29 is 0 Å². The van der Waals surface area contributed by atoms with E-state index in [1.54, 1.807) is 6.20 Å². The molecule has 0 radical (unpaired) electrons. The van der Waals surface area contributed by atoms with E-state index in [0.29, 0.717) is 5.82 Å². The molecule has 0 amide bonds. The standard InChI is InChI=1S/C49H31N3/c1-2-11-36(12-3-1)49-51-46(34-24-20-32(21-25-34)37-13-10-28-50-31-37)30-47(52-49)35-26-22-33(23-27-35)44-29-45-40-16-5-4-14-38(40)39-15-6-8-18-42(39)48(45)43-19-9-7-17-41(43)44/h1-31H. The first kappa shape index (κ1) is 29.9. The first-order valence-electron chi connectivity index (χ1n) is 17.6. The van der Waals surface area contributed by atoms with Crippen molar-refractivity contribution in [2.24, 2.45) is 0 Å². The van der Waals surface area contributed by atoms with Gasteiger partial charge in [0.25, 0.3) is 0 Å². The Morgan fingerprint density at radius 3 is 1.40 bits per heavy atom. The molecule has 3 heteroatoms. The van der Waals surface area contributed by atoms with Crippen LogP contribution in [0.3, 0.4) is 0 Å². The molecule has 8 aromatic carbocycles. The van der Waals surface area contributed by atoms with Gasteiger partial charge in [0.2, 0.25) is 0 Å². The Bertz CT molecular complexity index is 2920. The van der Waals surface area contributed by atoms with Crippen molar-refractivity contribution in [2.75, 3.05) is 0 Å². The fraction of sp³-hybridized carbons (Fsp3) is 0. The monoisotopic (exact) mass is 661 g/mol. The minimum atomic E-state index is 0.702. The van der Waals surface area contributed by atoms with Gasteiger partial charge in [0.05, 0.1) is 11.4 Å². The molecule has 0 spiro atoms. The molecule has 242 valence electrons. The minimum Gasteiger partial charge on any atom is -0.264 e. The highest BCUT2D eigenvalue weighted by molar-refractivity contribution is 6.33. The first-order valence-corrected chi connectivity index (χ1v) is 17.6. The number of hydrogen-bond donors (Lipinski definition) is 0. The second kappa shape index (κ2) is 12.4. The summed E-state index contributed by atoms with van der Waals surface area (Å²) in [6, 6.07) is 62.5. The maximum Gasteiger partial charge on any atom is 0.160 e. The van der Waals surface area contributed by atoms with Gasteiger partial charge in [-0.3, -0.25) is 4.98 Å². The summed E-state index contributed by atoms with van der Waals surface area (Å²) in [6.45, 7) is 0. The second-order valence-corrected chi connectivity index (χ2v) is 13.2. The minimum absolute atomic E-state index is 0.702. The lowest BCUT2D eigenvalue weighted by atomic mass is 9.87. The number of nitrogens with zero attached hydrogens (tertiary/aromatic N) is 3. The number of pyridine rings is 1. The summed E-state index contributed by atoms with van der Waals surface area (Å²) in [4.78, 5) is 14.4. The molecule has 52 heavy (non-hydrogen) atoms. The molecule has 0 aliphatic heterocycles. The zero-order chi connectivity index (χ0) is 34.4. The summed E-state index contributed by atoms with van der Waals surface area (Å²) < 4.78 is 0. The summed E-state index contributed by atoms with van der Waals surface area (Å²) in [5, 5.41) is 10.2. The van der Waals surface area contributed by atoms with Crippen molar-refractivity contribution >= 4 is 43.1 Å². The SMILES string of the molecule is c1ccc(-c2nc(-c3ccc(-c4cccnc4)cc3)cc(-c3ccc(-c4cc5c6ccccc6c6ccccc6c5c5ccccc45)cc3)n2)cc1. The summed E-state index contributed by atoms with van der Waals surface area (Å²) in [5.74, 6) is 0.702. The molecule has 0 saturated carbocycles. The van der Waals surface area contributed by atoms with Gasteiger partial charge in [0, 0.05) is 29.1 Å².